The lowest BCUT2D eigenvalue weighted by atomic mass is 9.74. The Morgan fingerprint density at radius 1 is 1.24 bits per heavy atom. The van der Waals surface area contributed by atoms with Crippen LogP contribution < -0.4 is 5.32 Å². The van der Waals surface area contributed by atoms with E-state index >= 15 is 0 Å². The molecule has 1 N–H and O–H groups in total. The molecule has 2 rings (SSSR count). The maximum absolute atomic E-state index is 12.1. The molecule has 1 aliphatic rings. The van der Waals surface area contributed by atoms with Crippen molar-refractivity contribution >= 4 is 29.1 Å². The van der Waals surface area contributed by atoms with Crippen LogP contribution in [-0.4, -0.2) is 52.1 Å². The van der Waals surface area contributed by atoms with E-state index in [1.807, 2.05) is 19.1 Å². The van der Waals surface area contributed by atoms with E-state index in [0.717, 1.165) is 18.4 Å². The number of hydrogen-bond acceptors (Lipinski definition) is 4. The minimum Gasteiger partial charge on any atom is -0.381 e. The fourth-order valence-electron chi connectivity index (χ4n) is 2.97. The van der Waals surface area contributed by atoms with Gasteiger partial charge >= 0.3 is 0 Å². The van der Waals surface area contributed by atoms with Gasteiger partial charge in [0.05, 0.1) is 13.2 Å². The summed E-state index contributed by atoms with van der Waals surface area (Å²) in [7, 11) is 0. The van der Waals surface area contributed by atoms with Gasteiger partial charge in [-0.05, 0) is 37.5 Å². The highest BCUT2D eigenvalue weighted by atomic mass is 35.5. The second kappa shape index (κ2) is 10.3. The molecular formula is C18H25Cl2NO4. The van der Waals surface area contributed by atoms with Crippen LogP contribution in [0.2, 0.25) is 10.0 Å². The van der Waals surface area contributed by atoms with E-state index in [-0.39, 0.29) is 17.9 Å². The van der Waals surface area contributed by atoms with Crippen molar-refractivity contribution in [1.29, 1.82) is 0 Å². The van der Waals surface area contributed by atoms with Gasteiger partial charge in [-0.15, -0.1) is 0 Å². The number of hydrogen-bond donors (Lipinski definition) is 1. The third-order valence-electron chi connectivity index (χ3n) is 4.39. The minimum atomic E-state index is -0.249. The Morgan fingerprint density at radius 2 is 1.96 bits per heavy atom. The zero-order valence-electron chi connectivity index (χ0n) is 14.5. The first-order valence-electron chi connectivity index (χ1n) is 8.53. The minimum absolute atomic E-state index is 0.0218. The molecule has 0 atom stereocenters. The lowest BCUT2D eigenvalue weighted by Crippen LogP contribution is -2.45. The summed E-state index contributed by atoms with van der Waals surface area (Å²) < 4.78 is 16.0. The summed E-state index contributed by atoms with van der Waals surface area (Å²) in [5.41, 5.74) is 0.750. The molecule has 7 heteroatoms. The molecule has 1 amide bonds. The number of amides is 1. The van der Waals surface area contributed by atoms with E-state index in [1.165, 1.54) is 0 Å². The van der Waals surface area contributed by atoms with Gasteiger partial charge in [0, 0.05) is 41.8 Å². The normalized spacial score (nSPS) is 16.6. The van der Waals surface area contributed by atoms with Gasteiger partial charge in [0.25, 0.3) is 0 Å². The van der Waals surface area contributed by atoms with Crippen LogP contribution in [0, 0.1) is 0 Å². The fraction of sp³-hybridized carbons (Fsp3) is 0.611. The fourth-order valence-corrected chi connectivity index (χ4v) is 3.58. The topological polar surface area (TPSA) is 56.8 Å². The zero-order chi connectivity index (χ0) is 18.1. The summed E-state index contributed by atoms with van der Waals surface area (Å²) in [6.07, 6.45) is 1.58. The number of rotatable bonds is 9. The van der Waals surface area contributed by atoms with Crippen molar-refractivity contribution in [3.8, 4) is 0 Å². The first kappa shape index (κ1) is 20.5. The molecule has 1 aromatic carbocycles. The van der Waals surface area contributed by atoms with Crippen LogP contribution in [0.5, 0.6) is 0 Å². The Labute approximate surface area is 158 Å². The van der Waals surface area contributed by atoms with Crippen LogP contribution in [-0.2, 0) is 24.4 Å². The average molecular weight is 390 g/mol. The molecule has 1 saturated heterocycles. The van der Waals surface area contributed by atoms with E-state index in [0.29, 0.717) is 49.6 Å². The molecule has 0 unspecified atom stereocenters. The summed E-state index contributed by atoms with van der Waals surface area (Å²) in [5, 5.41) is 4.19. The average Bonchev–Trinajstić information content (AvgIpc) is 2.60. The van der Waals surface area contributed by atoms with Crippen LogP contribution in [0.15, 0.2) is 18.2 Å². The number of benzene rings is 1. The highest BCUT2D eigenvalue weighted by Gasteiger charge is 2.36. The van der Waals surface area contributed by atoms with Crippen molar-refractivity contribution in [1.82, 2.24) is 5.32 Å². The van der Waals surface area contributed by atoms with Gasteiger partial charge in [0.15, 0.2) is 0 Å². The summed E-state index contributed by atoms with van der Waals surface area (Å²) in [4.78, 5) is 12.1. The van der Waals surface area contributed by atoms with Crippen LogP contribution in [0.25, 0.3) is 0 Å². The van der Waals surface area contributed by atoms with Crippen LogP contribution in [0.1, 0.15) is 25.3 Å². The van der Waals surface area contributed by atoms with Gasteiger partial charge in [-0.2, -0.15) is 0 Å². The van der Waals surface area contributed by atoms with Gasteiger partial charge in [0.2, 0.25) is 5.91 Å². The maximum atomic E-state index is 12.1. The SMILES string of the molecule is CCOCCOCC(=O)NCC1(c2ccc(Cl)cc2Cl)CCOCC1. The van der Waals surface area contributed by atoms with Crippen LogP contribution >= 0.6 is 23.2 Å². The third-order valence-corrected chi connectivity index (χ3v) is 4.93. The number of carbonyl (C=O) groups excluding carboxylic acids is 1. The van der Waals surface area contributed by atoms with Crippen molar-refractivity contribution in [3.05, 3.63) is 33.8 Å². The lowest BCUT2D eigenvalue weighted by Gasteiger charge is -2.38. The molecule has 0 aliphatic carbocycles. The number of nitrogens with one attached hydrogen (secondary N) is 1. The van der Waals surface area contributed by atoms with Crippen molar-refractivity contribution in [2.75, 3.05) is 46.2 Å². The summed E-state index contributed by atoms with van der Waals surface area (Å²) in [5.74, 6) is -0.146. The van der Waals surface area contributed by atoms with Gasteiger partial charge in [-0.3, -0.25) is 4.79 Å². The number of ether oxygens (including phenoxy) is 3. The van der Waals surface area contributed by atoms with E-state index < -0.39 is 0 Å². The second-order valence-electron chi connectivity index (χ2n) is 6.04. The highest BCUT2D eigenvalue weighted by molar-refractivity contribution is 6.35. The van der Waals surface area contributed by atoms with E-state index in [1.54, 1.807) is 6.07 Å². The van der Waals surface area contributed by atoms with Crippen molar-refractivity contribution < 1.29 is 19.0 Å². The second-order valence-corrected chi connectivity index (χ2v) is 6.89. The van der Waals surface area contributed by atoms with Crippen molar-refractivity contribution in [2.45, 2.75) is 25.2 Å². The van der Waals surface area contributed by atoms with Gasteiger partial charge in [-0.1, -0.05) is 29.3 Å². The summed E-state index contributed by atoms with van der Waals surface area (Å²) >= 11 is 12.4. The molecule has 0 spiro atoms. The quantitative estimate of drug-likeness (QED) is 0.658. The van der Waals surface area contributed by atoms with Gasteiger partial charge in [0.1, 0.15) is 6.61 Å². The van der Waals surface area contributed by atoms with E-state index in [4.69, 9.17) is 37.4 Å². The number of carbonyl (C=O) groups is 1. The number of halogens is 2. The third kappa shape index (κ3) is 6.12. The Morgan fingerprint density at radius 3 is 2.64 bits per heavy atom. The zero-order valence-corrected chi connectivity index (χ0v) is 16.0. The molecule has 1 aromatic rings. The smallest absolute Gasteiger partial charge is 0.246 e. The van der Waals surface area contributed by atoms with E-state index in [9.17, 15) is 4.79 Å². The largest absolute Gasteiger partial charge is 0.381 e. The van der Waals surface area contributed by atoms with Gasteiger partial charge in [-0.25, -0.2) is 0 Å². The maximum Gasteiger partial charge on any atom is 0.246 e. The summed E-state index contributed by atoms with van der Waals surface area (Å²) in [6.45, 7) is 5.25. The molecule has 1 heterocycles. The molecule has 1 fully saturated rings. The summed E-state index contributed by atoms with van der Waals surface area (Å²) in [6, 6.07) is 5.52. The lowest BCUT2D eigenvalue weighted by molar-refractivity contribution is -0.126. The van der Waals surface area contributed by atoms with Crippen LogP contribution in [0.3, 0.4) is 0 Å². The molecule has 5 nitrogen and oxygen atoms in total. The Kier molecular flexibility index (Phi) is 8.46. The first-order chi connectivity index (χ1) is 12.1. The Bertz CT molecular complexity index is 562. The molecule has 140 valence electrons. The molecule has 0 radical (unpaired) electrons. The van der Waals surface area contributed by atoms with Gasteiger partial charge < -0.3 is 19.5 Å². The molecule has 1 aliphatic heterocycles. The Hall–Kier alpha value is -0.850. The molecule has 0 bridgehead atoms. The monoisotopic (exact) mass is 389 g/mol. The predicted molar refractivity (Wildman–Crippen MR) is 98.5 cm³/mol. The van der Waals surface area contributed by atoms with Crippen LogP contribution in [0.4, 0.5) is 0 Å². The van der Waals surface area contributed by atoms with E-state index in [2.05, 4.69) is 5.32 Å². The molecule has 0 aromatic heterocycles. The van der Waals surface area contributed by atoms with Crippen molar-refractivity contribution in [2.24, 2.45) is 0 Å². The Balaban J connectivity index is 1.95. The predicted octanol–water partition coefficient (Wildman–Crippen LogP) is 3.21. The van der Waals surface area contributed by atoms with Crippen molar-refractivity contribution in [3.63, 3.8) is 0 Å². The highest BCUT2D eigenvalue weighted by Crippen LogP contribution is 2.39. The standard InChI is InChI=1S/C18H25Cl2NO4/c1-2-23-9-10-25-12-17(22)21-13-18(5-7-24-8-6-18)15-4-3-14(19)11-16(15)20/h3-4,11H,2,5-10,12-13H2,1H3,(H,21,22). The first-order valence-corrected chi connectivity index (χ1v) is 9.28. The molecular weight excluding hydrogens is 365 g/mol. The molecule has 25 heavy (non-hydrogen) atoms. The molecule has 0 saturated carbocycles.